The Hall–Kier alpha value is -2.87. The third kappa shape index (κ3) is 3.45. The molecule has 2 aromatic heterocycles. The van der Waals surface area contributed by atoms with Crippen molar-refractivity contribution >= 4 is 16.9 Å². The zero-order valence-electron chi connectivity index (χ0n) is 16.5. The molecular weight excluding hydrogens is 390 g/mol. The number of aromatic nitrogens is 2. The molecule has 30 heavy (non-hydrogen) atoms. The Bertz CT molecular complexity index is 1090. The summed E-state index contributed by atoms with van der Waals surface area (Å²) < 4.78 is 32.3. The fourth-order valence-corrected chi connectivity index (χ4v) is 4.49. The summed E-state index contributed by atoms with van der Waals surface area (Å²) in [6.45, 7) is 3.93. The zero-order chi connectivity index (χ0) is 20.7. The summed E-state index contributed by atoms with van der Waals surface area (Å²) in [5, 5.41) is 4.64. The Balaban J connectivity index is 1.18. The number of fused-ring (bicyclic) bond motifs is 2. The number of likely N-dealkylation sites (tertiary alicyclic amines) is 1. The highest BCUT2D eigenvalue weighted by molar-refractivity contribution is 5.94. The SMILES string of the molecule is O=C1c2ncccc2CCN1CCN1CCC(c2noc3cc(F)c(F)cc23)CC1. The number of hydrogen-bond donors (Lipinski definition) is 0. The second-order valence-corrected chi connectivity index (χ2v) is 8.00. The fourth-order valence-electron chi connectivity index (χ4n) is 4.49. The molecule has 2 aliphatic rings. The van der Waals surface area contributed by atoms with Crippen molar-refractivity contribution in [1.82, 2.24) is 19.9 Å². The number of benzene rings is 1. The van der Waals surface area contributed by atoms with Crippen molar-refractivity contribution < 1.29 is 18.1 Å². The standard InChI is InChI=1S/C22H22F2N4O2/c23-17-12-16-19(13-18(17)24)30-26-20(16)15-3-7-27(8-4-15)10-11-28-9-5-14-2-1-6-25-21(14)22(28)29/h1-2,6,12-13,15H,3-5,7-11H2. The lowest BCUT2D eigenvalue weighted by molar-refractivity contribution is 0.0703. The van der Waals surface area contributed by atoms with Gasteiger partial charge in [-0.3, -0.25) is 9.78 Å². The van der Waals surface area contributed by atoms with Gasteiger partial charge in [-0.15, -0.1) is 0 Å². The Kier molecular flexibility index (Phi) is 4.94. The molecule has 8 heteroatoms. The number of halogens is 2. The van der Waals surface area contributed by atoms with Gasteiger partial charge in [-0.1, -0.05) is 11.2 Å². The number of nitrogens with zero attached hydrogens (tertiary/aromatic N) is 4. The van der Waals surface area contributed by atoms with Crippen LogP contribution in [0.1, 0.15) is 40.5 Å². The van der Waals surface area contributed by atoms with Crippen LogP contribution >= 0.6 is 0 Å². The second-order valence-electron chi connectivity index (χ2n) is 8.00. The van der Waals surface area contributed by atoms with Gasteiger partial charge < -0.3 is 14.3 Å². The van der Waals surface area contributed by atoms with Crippen LogP contribution < -0.4 is 0 Å². The molecule has 1 amide bonds. The normalized spacial score (nSPS) is 18.2. The van der Waals surface area contributed by atoms with E-state index in [-0.39, 0.29) is 17.4 Å². The Morgan fingerprint density at radius 2 is 1.90 bits per heavy atom. The minimum Gasteiger partial charge on any atom is -0.356 e. The molecule has 0 saturated carbocycles. The van der Waals surface area contributed by atoms with E-state index in [2.05, 4.69) is 15.0 Å². The van der Waals surface area contributed by atoms with Gasteiger partial charge in [0.2, 0.25) is 0 Å². The summed E-state index contributed by atoms with van der Waals surface area (Å²) in [5.74, 6) is -1.65. The van der Waals surface area contributed by atoms with Crippen LogP contribution in [-0.4, -0.2) is 58.6 Å². The first-order valence-corrected chi connectivity index (χ1v) is 10.3. The summed E-state index contributed by atoms with van der Waals surface area (Å²) >= 11 is 0. The zero-order valence-corrected chi connectivity index (χ0v) is 16.5. The summed E-state index contributed by atoms with van der Waals surface area (Å²) in [7, 11) is 0. The topological polar surface area (TPSA) is 62.5 Å². The molecule has 1 saturated heterocycles. The molecule has 156 valence electrons. The second kappa shape index (κ2) is 7.75. The number of piperidine rings is 1. The third-order valence-electron chi connectivity index (χ3n) is 6.23. The summed E-state index contributed by atoms with van der Waals surface area (Å²) in [6, 6.07) is 6.07. The number of pyridine rings is 1. The third-order valence-corrected chi connectivity index (χ3v) is 6.23. The lowest BCUT2D eigenvalue weighted by atomic mass is 9.91. The lowest BCUT2D eigenvalue weighted by Crippen LogP contribution is -2.44. The highest BCUT2D eigenvalue weighted by Gasteiger charge is 2.28. The van der Waals surface area contributed by atoms with Crippen LogP contribution in [0.3, 0.4) is 0 Å². The highest BCUT2D eigenvalue weighted by atomic mass is 19.2. The first-order chi connectivity index (χ1) is 14.6. The van der Waals surface area contributed by atoms with Crippen molar-refractivity contribution in [3.63, 3.8) is 0 Å². The summed E-state index contributed by atoms with van der Waals surface area (Å²) in [5.41, 5.74) is 2.58. The van der Waals surface area contributed by atoms with E-state index < -0.39 is 11.6 Å². The van der Waals surface area contributed by atoms with Crippen molar-refractivity contribution in [1.29, 1.82) is 0 Å². The largest absolute Gasteiger partial charge is 0.356 e. The van der Waals surface area contributed by atoms with E-state index in [4.69, 9.17) is 4.52 Å². The Morgan fingerprint density at radius 3 is 2.73 bits per heavy atom. The maximum atomic E-state index is 13.6. The van der Waals surface area contributed by atoms with Gasteiger partial charge in [-0.25, -0.2) is 8.78 Å². The smallest absolute Gasteiger partial charge is 0.272 e. The van der Waals surface area contributed by atoms with Gasteiger partial charge in [0.1, 0.15) is 5.69 Å². The van der Waals surface area contributed by atoms with Crippen LogP contribution in [0, 0.1) is 11.6 Å². The molecule has 5 rings (SSSR count). The molecule has 0 unspecified atom stereocenters. The van der Waals surface area contributed by atoms with E-state index in [0.29, 0.717) is 23.3 Å². The van der Waals surface area contributed by atoms with Crippen LogP contribution in [0.2, 0.25) is 0 Å². The van der Waals surface area contributed by atoms with E-state index in [9.17, 15) is 13.6 Å². The lowest BCUT2D eigenvalue weighted by Gasteiger charge is -2.34. The molecule has 4 heterocycles. The van der Waals surface area contributed by atoms with Gasteiger partial charge in [-0.2, -0.15) is 0 Å². The van der Waals surface area contributed by atoms with Crippen LogP contribution in [-0.2, 0) is 6.42 Å². The van der Waals surface area contributed by atoms with Gasteiger partial charge in [-0.05, 0) is 50.0 Å². The van der Waals surface area contributed by atoms with E-state index in [1.165, 1.54) is 6.07 Å². The molecule has 1 fully saturated rings. The van der Waals surface area contributed by atoms with Crippen molar-refractivity contribution in [3.8, 4) is 0 Å². The number of rotatable bonds is 4. The fraction of sp³-hybridized carbons (Fsp3) is 0.409. The first kappa shape index (κ1) is 19.1. The molecule has 6 nitrogen and oxygen atoms in total. The summed E-state index contributed by atoms with van der Waals surface area (Å²) in [6.07, 6.45) is 4.23. The molecule has 3 aromatic rings. The first-order valence-electron chi connectivity index (χ1n) is 10.3. The predicted molar refractivity (Wildman–Crippen MR) is 106 cm³/mol. The molecule has 1 aromatic carbocycles. The molecule has 0 spiro atoms. The van der Waals surface area contributed by atoms with Crippen LogP contribution in [0.15, 0.2) is 35.0 Å². The predicted octanol–water partition coefficient (Wildman–Crippen LogP) is 3.38. The maximum Gasteiger partial charge on any atom is 0.272 e. The van der Waals surface area contributed by atoms with E-state index in [1.807, 2.05) is 17.0 Å². The van der Waals surface area contributed by atoms with Gasteiger partial charge >= 0.3 is 0 Å². The maximum absolute atomic E-state index is 13.6. The van der Waals surface area contributed by atoms with Crippen molar-refractivity contribution in [3.05, 3.63) is 59.0 Å². The molecule has 0 atom stereocenters. The number of amides is 1. The van der Waals surface area contributed by atoms with Crippen LogP contribution in [0.25, 0.3) is 11.0 Å². The van der Waals surface area contributed by atoms with Crippen LogP contribution in [0.5, 0.6) is 0 Å². The van der Waals surface area contributed by atoms with Crippen molar-refractivity contribution in [2.24, 2.45) is 0 Å². The van der Waals surface area contributed by atoms with Gasteiger partial charge in [0, 0.05) is 43.2 Å². The Morgan fingerprint density at radius 1 is 1.10 bits per heavy atom. The highest BCUT2D eigenvalue weighted by Crippen LogP contribution is 2.33. The van der Waals surface area contributed by atoms with Crippen LogP contribution in [0.4, 0.5) is 8.78 Å². The van der Waals surface area contributed by atoms with Gasteiger partial charge in [0.15, 0.2) is 17.2 Å². The van der Waals surface area contributed by atoms with Gasteiger partial charge in [0.05, 0.1) is 5.69 Å². The summed E-state index contributed by atoms with van der Waals surface area (Å²) in [4.78, 5) is 21.1. The van der Waals surface area contributed by atoms with Crippen molar-refractivity contribution in [2.45, 2.75) is 25.2 Å². The minimum absolute atomic E-state index is 0.00932. The quantitative estimate of drug-likeness (QED) is 0.658. The van der Waals surface area contributed by atoms with E-state index in [1.54, 1.807) is 6.20 Å². The number of carbonyl (C=O) groups is 1. The number of carbonyl (C=O) groups excluding carboxylic acids is 1. The van der Waals surface area contributed by atoms with E-state index >= 15 is 0 Å². The number of hydrogen-bond acceptors (Lipinski definition) is 5. The molecule has 0 bridgehead atoms. The van der Waals surface area contributed by atoms with Gasteiger partial charge in [0.25, 0.3) is 5.91 Å². The average Bonchev–Trinajstić information content (AvgIpc) is 3.16. The molecule has 0 radical (unpaired) electrons. The molecular formula is C22H22F2N4O2. The van der Waals surface area contributed by atoms with E-state index in [0.717, 1.165) is 57.1 Å². The monoisotopic (exact) mass is 412 g/mol. The average molecular weight is 412 g/mol. The molecule has 0 aliphatic carbocycles. The Labute approximate surface area is 172 Å². The molecule has 0 N–H and O–H groups in total. The van der Waals surface area contributed by atoms with Crippen molar-refractivity contribution in [2.75, 3.05) is 32.7 Å². The molecule has 2 aliphatic heterocycles. The minimum atomic E-state index is -0.926.